The van der Waals surface area contributed by atoms with Crippen LogP contribution in [0.15, 0.2) is 83.8 Å². The smallest absolute Gasteiger partial charge is 0.240 e. The average Bonchev–Trinajstić information content (AvgIpc) is 2.82. The largest absolute Gasteiger partial charge is 0.354 e. The summed E-state index contributed by atoms with van der Waals surface area (Å²) in [6.07, 6.45) is 1.26. The number of sulfonamides is 1. The summed E-state index contributed by atoms with van der Waals surface area (Å²) < 4.78 is 40.2. The van der Waals surface area contributed by atoms with E-state index >= 15 is 0 Å². The zero-order chi connectivity index (χ0) is 23.7. The molecule has 0 aliphatic carbocycles. The fraction of sp³-hybridized carbons (Fsp3) is 0.269. The van der Waals surface area contributed by atoms with E-state index in [1.165, 1.54) is 0 Å². The van der Waals surface area contributed by atoms with E-state index in [9.17, 15) is 13.2 Å². The Morgan fingerprint density at radius 1 is 0.909 bits per heavy atom. The van der Waals surface area contributed by atoms with Crippen LogP contribution < -0.4 is 4.72 Å². The normalized spacial score (nSPS) is 12.6. The van der Waals surface area contributed by atoms with E-state index in [1.54, 1.807) is 36.4 Å². The summed E-state index contributed by atoms with van der Waals surface area (Å²) >= 11 is 0. The Morgan fingerprint density at radius 3 is 2.30 bits per heavy atom. The standard InChI is InChI=1S/C26H29NO5S/c1-20(2)32-19-31-18-25(15-21-8-4-3-5-9-21)27-33(29,30)26-13-7-12-24(16-26)23-11-6-10-22(14-23)17-28/h3-14,16-17,20,25,27H,15,18-19H2,1-2H3/t25-/m0/s1. The van der Waals surface area contributed by atoms with Crippen molar-refractivity contribution in [2.24, 2.45) is 0 Å². The maximum absolute atomic E-state index is 13.2. The van der Waals surface area contributed by atoms with Crippen LogP contribution in [0.5, 0.6) is 0 Å². The summed E-state index contributed by atoms with van der Waals surface area (Å²) in [5.74, 6) is 0. The van der Waals surface area contributed by atoms with Crippen molar-refractivity contribution in [3.8, 4) is 11.1 Å². The first-order chi connectivity index (χ1) is 15.9. The quantitative estimate of drug-likeness (QED) is 0.242. The molecule has 174 valence electrons. The molecule has 0 amide bonds. The lowest BCUT2D eigenvalue weighted by molar-refractivity contribution is -0.0821. The molecule has 3 aromatic carbocycles. The molecule has 1 N–H and O–H groups in total. The van der Waals surface area contributed by atoms with E-state index < -0.39 is 16.1 Å². The third kappa shape index (κ3) is 7.61. The summed E-state index contributed by atoms with van der Waals surface area (Å²) in [4.78, 5) is 11.3. The van der Waals surface area contributed by atoms with Crippen molar-refractivity contribution in [3.05, 3.63) is 90.0 Å². The number of hydrogen-bond acceptors (Lipinski definition) is 5. The lowest BCUT2D eigenvalue weighted by Gasteiger charge is -2.20. The molecule has 0 fully saturated rings. The van der Waals surface area contributed by atoms with Gasteiger partial charge in [-0.05, 0) is 55.2 Å². The highest BCUT2D eigenvalue weighted by molar-refractivity contribution is 7.89. The summed E-state index contributed by atoms with van der Waals surface area (Å²) in [5.41, 5.74) is 3.01. The number of carbonyl (C=O) groups excluding carboxylic acids is 1. The van der Waals surface area contributed by atoms with Gasteiger partial charge in [-0.3, -0.25) is 4.79 Å². The van der Waals surface area contributed by atoms with Gasteiger partial charge in [0.05, 0.1) is 17.6 Å². The first kappa shape index (κ1) is 24.8. The van der Waals surface area contributed by atoms with Crippen molar-refractivity contribution in [1.29, 1.82) is 0 Å². The van der Waals surface area contributed by atoms with Gasteiger partial charge >= 0.3 is 0 Å². The fourth-order valence-electron chi connectivity index (χ4n) is 3.33. The van der Waals surface area contributed by atoms with E-state index in [1.807, 2.05) is 56.3 Å². The number of carbonyl (C=O) groups is 1. The van der Waals surface area contributed by atoms with Gasteiger partial charge in [-0.25, -0.2) is 13.1 Å². The van der Waals surface area contributed by atoms with Crippen molar-refractivity contribution < 1.29 is 22.7 Å². The summed E-state index contributed by atoms with van der Waals surface area (Å²) in [6.45, 7) is 4.08. The molecular weight excluding hydrogens is 438 g/mol. The molecule has 0 aromatic heterocycles. The molecule has 6 nitrogen and oxygen atoms in total. The van der Waals surface area contributed by atoms with E-state index in [0.29, 0.717) is 17.5 Å². The first-order valence-electron chi connectivity index (χ1n) is 10.8. The second-order valence-electron chi connectivity index (χ2n) is 7.98. The van der Waals surface area contributed by atoms with Gasteiger partial charge in [0.2, 0.25) is 10.0 Å². The Balaban J connectivity index is 1.79. The zero-order valence-corrected chi connectivity index (χ0v) is 19.6. The highest BCUT2D eigenvalue weighted by atomic mass is 32.2. The summed E-state index contributed by atoms with van der Waals surface area (Å²) in [6, 6.07) is 22.9. The summed E-state index contributed by atoms with van der Waals surface area (Å²) in [7, 11) is -3.82. The number of benzene rings is 3. The van der Waals surface area contributed by atoms with Crippen molar-refractivity contribution in [1.82, 2.24) is 4.72 Å². The molecule has 0 aliphatic rings. The Morgan fingerprint density at radius 2 is 1.61 bits per heavy atom. The van der Waals surface area contributed by atoms with Gasteiger partial charge in [-0.15, -0.1) is 0 Å². The van der Waals surface area contributed by atoms with Crippen LogP contribution in [0, 0.1) is 0 Å². The molecule has 7 heteroatoms. The van der Waals surface area contributed by atoms with E-state index in [0.717, 1.165) is 17.4 Å². The van der Waals surface area contributed by atoms with Crippen LogP contribution in [-0.2, 0) is 25.9 Å². The monoisotopic (exact) mass is 467 g/mol. The van der Waals surface area contributed by atoms with Crippen LogP contribution in [0.4, 0.5) is 0 Å². The van der Waals surface area contributed by atoms with Crippen LogP contribution in [0.1, 0.15) is 29.8 Å². The molecular formula is C26H29NO5S. The number of hydrogen-bond donors (Lipinski definition) is 1. The highest BCUT2D eigenvalue weighted by Crippen LogP contribution is 2.23. The Kier molecular flexibility index (Phi) is 8.91. The molecule has 0 bridgehead atoms. The minimum atomic E-state index is -3.82. The third-order valence-corrected chi connectivity index (χ3v) is 6.47. The van der Waals surface area contributed by atoms with Gasteiger partial charge in [0.15, 0.2) is 0 Å². The maximum atomic E-state index is 13.2. The lowest BCUT2D eigenvalue weighted by Crippen LogP contribution is -2.40. The van der Waals surface area contributed by atoms with Crippen LogP contribution in [-0.4, -0.2) is 40.2 Å². The lowest BCUT2D eigenvalue weighted by atomic mass is 10.0. The minimum Gasteiger partial charge on any atom is -0.354 e. The molecule has 33 heavy (non-hydrogen) atoms. The fourth-order valence-corrected chi connectivity index (χ4v) is 4.60. The number of aldehydes is 1. The predicted octanol–water partition coefficient (Wildman–Crippen LogP) is 4.45. The molecule has 0 heterocycles. The average molecular weight is 468 g/mol. The second kappa shape index (κ2) is 11.9. The number of nitrogens with one attached hydrogen (secondary N) is 1. The molecule has 0 radical (unpaired) electrons. The highest BCUT2D eigenvalue weighted by Gasteiger charge is 2.21. The topological polar surface area (TPSA) is 81.7 Å². The van der Waals surface area contributed by atoms with E-state index in [-0.39, 0.29) is 24.4 Å². The van der Waals surface area contributed by atoms with Gasteiger partial charge < -0.3 is 9.47 Å². The molecule has 0 spiro atoms. The summed E-state index contributed by atoms with van der Waals surface area (Å²) in [5, 5.41) is 0. The van der Waals surface area contributed by atoms with Crippen LogP contribution in [0.3, 0.4) is 0 Å². The minimum absolute atomic E-state index is 0.0229. The second-order valence-corrected chi connectivity index (χ2v) is 9.70. The Hall–Kier alpha value is -2.84. The molecule has 0 saturated heterocycles. The van der Waals surface area contributed by atoms with Gasteiger partial charge in [-0.2, -0.15) is 0 Å². The van der Waals surface area contributed by atoms with Crippen molar-refractivity contribution in [2.75, 3.05) is 13.4 Å². The molecule has 1 atom stereocenters. The van der Waals surface area contributed by atoms with Crippen LogP contribution in [0.2, 0.25) is 0 Å². The molecule has 0 saturated carbocycles. The maximum Gasteiger partial charge on any atom is 0.240 e. The van der Waals surface area contributed by atoms with Crippen molar-refractivity contribution in [3.63, 3.8) is 0 Å². The number of ether oxygens (including phenoxy) is 2. The van der Waals surface area contributed by atoms with Crippen molar-refractivity contribution >= 4 is 16.3 Å². The van der Waals surface area contributed by atoms with Gasteiger partial charge in [0.25, 0.3) is 0 Å². The Labute approximate surface area is 195 Å². The first-order valence-corrected chi connectivity index (χ1v) is 12.3. The zero-order valence-electron chi connectivity index (χ0n) is 18.8. The van der Waals surface area contributed by atoms with Crippen LogP contribution >= 0.6 is 0 Å². The predicted molar refractivity (Wildman–Crippen MR) is 129 cm³/mol. The van der Waals surface area contributed by atoms with E-state index in [4.69, 9.17) is 9.47 Å². The van der Waals surface area contributed by atoms with Gasteiger partial charge in [-0.1, -0.05) is 60.7 Å². The van der Waals surface area contributed by atoms with Crippen LogP contribution in [0.25, 0.3) is 11.1 Å². The number of rotatable bonds is 12. The molecule has 0 unspecified atom stereocenters. The SMILES string of the molecule is CC(C)OCOC[C@H](Cc1ccccc1)NS(=O)(=O)c1cccc(-c2cccc(C=O)c2)c1. The van der Waals surface area contributed by atoms with Gasteiger partial charge in [0.1, 0.15) is 13.1 Å². The Bertz CT molecular complexity index is 1150. The van der Waals surface area contributed by atoms with Crippen molar-refractivity contribution in [2.45, 2.75) is 37.3 Å². The van der Waals surface area contributed by atoms with E-state index in [2.05, 4.69) is 4.72 Å². The molecule has 3 rings (SSSR count). The molecule has 0 aliphatic heterocycles. The van der Waals surface area contributed by atoms with Gasteiger partial charge in [0, 0.05) is 11.6 Å². The third-order valence-electron chi connectivity index (χ3n) is 4.95. The molecule has 3 aromatic rings.